The van der Waals surface area contributed by atoms with E-state index in [0.29, 0.717) is 13.0 Å². The van der Waals surface area contributed by atoms with Gasteiger partial charge in [-0.2, -0.15) is 0 Å². The van der Waals surface area contributed by atoms with Crippen molar-refractivity contribution in [1.29, 1.82) is 0 Å². The van der Waals surface area contributed by atoms with E-state index in [1.807, 2.05) is 29.5 Å². The number of hydrogen-bond acceptors (Lipinski definition) is 4. The van der Waals surface area contributed by atoms with Gasteiger partial charge in [0.2, 0.25) is 0 Å². The van der Waals surface area contributed by atoms with Gasteiger partial charge in [0.15, 0.2) is 0 Å². The van der Waals surface area contributed by atoms with Gasteiger partial charge in [0, 0.05) is 12.3 Å². The third-order valence-electron chi connectivity index (χ3n) is 2.08. The number of unbranched alkanes of at least 4 members (excludes halogenated alkanes) is 1. The van der Waals surface area contributed by atoms with Gasteiger partial charge in [-0.25, -0.2) is 4.79 Å². The second-order valence-corrected chi connectivity index (χ2v) is 5.31. The predicted molar refractivity (Wildman–Crippen MR) is 81.5 cm³/mol. The lowest BCUT2D eigenvalue weighted by Crippen LogP contribution is -2.16. The molecule has 19 heavy (non-hydrogen) atoms. The summed E-state index contributed by atoms with van der Waals surface area (Å²) in [6.07, 6.45) is 2.12. The minimum Gasteiger partial charge on any atom is -0.465 e. The molecule has 0 radical (unpaired) electrons. The molecule has 4 nitrogen and oxygen atoms in total. The van der Waals surface area contributed by atoms with Crippen molar-refractivity contribution in [3.8, 4) is 11.8 Å². The van der Waals surface area contributed by atoms with Crippen LogP contribution >= 0.6 is 22.6 Å². The summed E-state index contributed by atoms with van der Waals surface area (Å²) in [4.78, 5) is 22.9. The Kier molecular flexibility index (Phi) is 10.3. The van der Waals surface area contributed by atoms with Crippen LogP contribution in [0.1, 0.15) is 33.1 Å². The maximum Gasteiger partial charge on any atom is 0.384 e. The van der Waals surface area contributed by atoms with Gasteiger partial charge in [0.25, 0.3) is 0 Å². The van der Waals surface area contributed by atoms with E-state index in [0.717, 1.165) is 16.4 Å². The van der Waals surface area contributed by atoms with Crippen LogP contribution in [0.15, 0.2) is 10.2 Å². The van der Waals surface area contributed by atoms with E-state index in [1.165, 1.54) is 0 Å². The van der Waals surface area contributed by atoms with Crippen LogP contribution in [0.25, 0.3) is 0 Å². The monoisotopic (exact) mass is 378 g/mol. The topological polar surface area (TPSA) is 52.6 Å². The molecule has 0 unspecified atom stereocenters. The number of halogens is 1. The van der Waals surface area contributed by atoms with E-state index < -0.39 is 17.9 Å². The Morgan fingerprint density at radius 2 is 2.00 bits per heavy atom. The molecule has 0 N–H and O–H groups in total. The number of allylic oxidation sites excluding steroid dienone is 1. The fourth-order valence-corrected chi connectivity index (χ4v) is 1.59. The molecule has 0 fully saturated rings. The highest BCUT2D eigenvalue weighted by Crippen LogP contribution is 2.16. The number of carbonyl (C=O) groups excluding carboxylic acids is 2. The first-order valence-corrected chi connectivity index (χ1v) is 7.27. The van der Waals surface area contributed by atoms with Gasteiger partial charge in [-0.15, -0.1) is 0 Å². The summed E-state index contributed by atoms with van der Waals surface area (Å²) >= 11 is 2.02. The van der Waals surface area contributed by atoms with Crippen LogP contribution in [0.3, 0.4) is 0 Å². The summed E-state index contributed by atoms with van der Waals surface area (Å²) < 4.78 is 10.6. The van der Waals surface area contributed by atoms with Gasteiger partial charge >= 0.3 is 11.9 Å². The minimum absolute atomic E-state index is 0.283. The van der Waals surface area contributed by atoms with Crippen LogP contribution in [0, 0.1) is 17.8 Å². The van der Waals surface area contributed by atoms with Crippen LogP contribution in [-0.2, 0) is 19.1 Å². The molecular weight excluding hydrogens is 359 g/mol. The molecule has 5 heteroatoms. The quantitative estimate of drug-likeness (QED) is 0.225. The Balaban J connectivity index is 4.50. The SMILES string of the molecule is C=C(I)C[C@H](C#CC(=O)OCCCC)C(=O)OCC. The predicted octanol–water partition coefficient (Wildman–Crippen LogP) is 2.85. The van der Waals surface area contributed by atoms with E-state index in [-0.39, 0.29) is 6.61 Å². The summed E-state index contributed by atoms with van der Waals surface area (Å²) in [5, 5.41) is 0. The molecule has 0 spiro atoms. The second kappa shape index (κ2) is 10.9. The molecule has 0 saturated carbocycles. The van der Waals surface area contributed by atoms with Crippen molar-refractivity contribution >= 4 is 34.5 Å². The van der Waals surface area contributed by atoms with E-state index in [2.05, 4.69) is 18.4 Å². The van der Waals surface area contributed by atoms with Gasteiger partial charge in [0.1, 0.15) is 5.92 Å². The summed E-state index contributed by atoms with van der Waals surface area (Å²) in [7, 11) is 0. The average molecular weight is 378 g/mol. The molecule has 0 aliphatic rings. The lowest BCUT2D eigenvalue weighted by Gasteiger charge is -2.08. The van der Waals surface area contributed by atoms with E-state index in [1.54, 1.807) is 6.92 Å². The standard InChI is InChI=1S/C14H19IO4/c1-4-6-9-19-13(16)8-7-12(10-11(3)15)14(17)18-5-2/h12H,3-6,9-10H2,1-2H3/t12-/m0/s1. The van der Waals surface area contributed by atoms with Crippen LogP contribution < -0.4 is 0 Å². The van der Waals surface area contributed by atoms with Gasteiger partial charge in [-0.1, -0.05) is 25.8 Å². The van der Waals surface area contributed by atoms with Crippen LogP contribution in [0.4, 0.5) is 0 Å². The minimum atomic E-state index is -0.664. The summed E-state index contributed by atoms with van der Waals surface area (Å²) in [6.45, 7) is 8.08. The summed E-state index contributed by atoms with van der Waals surface area (Å²) in [5.41, 5.74) is 0. The lowest BCUT2D eigenvalue weighted by atomic mass is 10.1. The molecule has 0 aliphatic heterocycles. The smallest absolute Gasteiger partial charge is 0.384 e. The molecular formula is C14H19IO4. The van der Waals surface area contributed by atoms with Gasteiger partial charge in [-0.05, 0) is 39.5 Å². The van der Waals surface area contributed by atoms with Crippen molar-refractivity contribution in [3.63, 3.8) is 0 Å². The maximum atomic E-state index is 11.6. The molecule has 0 aromatic heterocycles. The number of ether oxygens (including phenoxy) is 2. The van der Waals surface area contributed by atoms with E-state index >= 15 is 0 Å². The highest BCUT2D eigenvalue weighted by molar-refractivity contribution is 14.1. The van der Waals surface area contributed by atoms with Gasteiger partial charge in [0.05, 0.1) is 13.2 Å². The molecule has 0 bridgehead atoms. The third-order valence-corrected chi connectivity index (χ3v) is 2.52. The molecule has 0 amide bonds. The van der Waals surface area contributed by atoms with Crippen molar-refractivity contribution in [3.05, 3.63) is 10.2 Å². The van der Waals surface area contributed by atoms with Crippen molar-refractivity contribution in [2.45, 2.75) is 33.1 Å². The zero-order valence-electron chi connectivity index (χ0n) is 11.3. The average Bonchev–Trinajstić information content (AvgIpc) is 2.34. The molecule has 1 atom stereocenters. The Hall–Kier alpha value is -1.03. The summed E-state index contributed by atoms with van der Waals surface area (Å²) in [5.74, 6) is 3.22. The molecule has 0 rings (SSSR count). The first-order valence-electron chi connectivity index (χ1n) is 6.19. The van der Waals surface area contributed by atoms with Gasteiger partial charge in [-0.3, -0.25) is 4.79 Å². The fraction of sp³-hybridized carbons (Fsp3) is 0.571. The van der Waals surface area contributed by atoms with Crippen molar-refractivity contribution in [2.24, 2.45) is 5.92 Å². The largest absolute Gasteiger partial charge is 0.465 e. The highest BCUT2D eigenvalue weighted by Gasteiger charge is 2.18. The first-order chi connectivity index (χ1) is 9.01. The molecule has 106 valence electrons. The molecule has 0 aromatic rings. The zero-order valence-corrected chi connectivity index (χ0v) is 13.5. The van der Waals surface area contributed by atoms with Crippen LogP contribution in [-0.4, -0.2) is 25.2 Å². The van der Waals surface area contributed by atoms with E-state index in [9.17, 15) is 9.59 Å². The Morgan fingerprint density at radius 3 is 2.53 bits per heavy atom. The third kappa shape index (κ3) is 9.54. The van der Waals surface area contributed by atoms with Crippen molar-refractivity contribution in [1.82, 2.24) is 0 Å². The number of hydrogen-bond donors (Lipinski definition) is 0. The highest BCUT2D eigenvalue weighted by atomic mass is 127. The fourth-order valence-electron chi connectivity index (χ4n) is 1.15. The number of esters is 2. The molecule has 0 saturated heterocycles. The normalized spacial score (nSPS) is 10.9. The lowest BCUT2D eigenvalue weighted by molar-refractivity contribution is -0.145. The zero-order chi connectivity index (χ0) is 14.7. The van der Waals surface area contributed by atoms with E-state index in [4.69, 9.17) is 9.47 Å². The number of rotatable bonds is 7. The van der Waals surface area contributed by atoms with Crippen molar-refractivity contribution in [2.75, 3.05) is 13.2 Å². The second-order valence-electron chi connectivity index (χ2n) is 3.78. The van der Waals surface area contributed by atoms with Crippen molar-refractivity contribution < 1.29 is 19.1 Å². The summed E-state index contributed by atoms with van der Waals surface area (Å²) in [6, 6.07) is 0. The molecule has 0 aliphatic carbocycles. The Morgan fingerprint density at radius 1 is 1.32 bits per heavy atom. The Bertz CT molecular complexity index is 379. The van der Waals surface area contributed by atoms with Crippen LogP contribution in [0.2, 0.25) is 0 Å². The Labute approximate surface area is 128 Å². The molecule has 0 heterocycles. The van der Waals surface area contributed by atoms with Crippen LogP contribution in [0.5, 0.6) is 0 Å². The molecule has 0 aromatic carbocycles. The first kappa shape index (κ1) is 18.0. The van der Waals surface area contributed by atoms with Gasteiger partial charge < -0.3 is 9.47 Å². The number of carbonyl (C=O) groups is 2. The maximum absolute atomic E-state index is 11.6.